The van der Waals surface area contributed by atoms with Gasteiger partial charge in [0.15, 0.2) is 6.61 Å². The molecule has 1 N–H and O–H groups in total. The van der Waals surface area contributed by atoms with Crippen LogP contribution >= 0.6 is 0 Å². The fraction of sp³-hybridized carbons (Fsp3) is 0.348. The molecule has 7 heteroatoms. The van der Waals surface area contributed by atoms with Crippen molar-refractivity contribution in [3.63, 3.8) is 0 Å². The Kier molecular flexibility index (Phi) is 6.72. The number of carbonyl (C=O) groups is 3. The average Bonchev–Trinajstić information content (AvgIpc) is 2.78. The Morgan fingerprint density at radius 3 is 2.13 bits per heavy atom. The monoisotopic (exact) mass is 411 g/mol. The maximum atomic E-state index is 12.9. The quantitative estimate of drug-likeness (QED) is 0.704. The van der Waals surface area contributed by atoms with Crippen LogP contribution in [0.25, 0.3) is 0 Å². The van der Waals surface area contributed by atoms with Crippen molar-refractivity contribution >= 4 is 17.8 Å². The number of nitrogens with one attached hydrogen (secondary N) is 1. The van der Waals surface area contributed by atoms with Crippen LogP contribution in [-0.4, -0.2) is 37.6 Å². The van der Waals surface area contributed by atoms with Crippen LogP contribution in [0.1, 0.15) is 37.3 Å². The highest BCUT2D eigenvalue weighted by atomic mass is 16.5. The summed E-state index contributed by atoms with van der Waals surface area (Å²) in [6, 6.07) is 13.6. The van der Waals surface area contributed by atoms with Gasteiger partial charge >= 0.3 is 11.9 Å². The lowest BCUT2D eigenvalue weighted by molar-refractivity contribution is -0.151. The lowest BCUT2D eigenvalue weighted by atomic mass is 9.88. The van der Waals surface area contributed by atoms with Gasteiger partial charge in [-0.05, 0) is 18.1 Å². The second-order valence-corrected chi connectivity index (χ2v) is 7.17. The molecule has 1 amide bonds. The summed E-state index contributed by atoms with van der Waals surface area (Å²) in [4.78, 5) is 37.2. The summed E-state index contributed by atoms with van der Waals surface area (Å²) in [5.41, 5.74) is 1.35. The molecule has 1 heterocycles. The van der Waals surface area contributed by atoms with Gasteiger partial charge in [-0.15, -0.1) is 0 Å². The van der Waals surface area contributed by atoms with Gasteiger partial charge < -0.3 is 19.5 Å². The predicted octanol–water partition coefficient (Wildman–Crippen LogP) is 3.17. The van der Waals surface area contributed by atoms with E-state index >= 15 is 0 Å². The fourth-order valence-corrected chi connectivity index (χ4v) is 3.40. The number of hydrogen-bond donors (Lipinski definition) is 1. The van der Waals surface area contributed by atoms with E-state index in [1.807, 2.05) is 38.1 Å². The van der Waals surface area contributed by atoms with E-state index in [4.69, 9.17) is 14.2 Å². The third kappa shape index (κ3) is 4.45. The molecule has 3 rings (SSSR count). The zero-order valence-electron chi connectivity index (χ0n) is 17.2. The van der Waals surface area contributed by atoms with E-state index < -0.39 is 36.4 Å². The molecule has 30 heavy (non-hydrogen) atoms. The Bertz CT molecular complexity index is 895. The number of benzene rings is 2. The number of para-hydroxylation sites is 2. The normalized spacial score (nSPS) is 14.4. The molecule has 0 saturated carbocycles. The van der Waals surface area contributed by atoms with E-state index in [-0.39, 0.29) is 5.92 Å². The van der Waals surface area contributed by atoms with E-state index in [9.17, 15) is 14.4 Å². The van der Waals surface area contributed by atoms with Gasteiger partial charge in [0.2, 0.25) is 0 Å². The van der Waals surface area contributed by atoms with Crippen molar-refractivity contribution in [1.29, 1.82) is 0 Å². The van der Waals surface area contributed by atoms with Crippen LogP contribution in [-0.2, 0) is 23.9 Å². The number of fused-ring (bicyclic) bond motifs is 2. The van der Waals surface area contributed by atoms with E-state index in [0.29, 0.717) is 29.0 Å². The first kappa shape index (κ1) is 21.4. The first-order valence-corrected chi connectivity index (χ1v) is 9.85. The summed E-state index contributed by atoms with van der Waals surface area (Å²) in [6.45, 7) is 3.25. The van der Waals surface area contributed by atoms with Gasteiger partial charge in [0.25, 0.3) is 5.91 Å². The van der Waals surface area contributed by atoms with Crippen LogP contribution < -0.4 is 10.1 Å². The van der Waals surface area contributed by atoms with Crippen molar-refractivity contribution in [2.24, 2.45) is 5.92 Å². The molecule has 0 bridgehead atoms. The summed E-state index contributed by atoms with van der Waals surface area (Å²) >= 11 is 0. The smallest absolute Gasteiger partial charge is 0.328 e. The van der Waals surface area contributed by atoms with Gasteiger partial charge in [-0.2, -0.15) is 0 Å². The summed E-state index contributed by atoms with van der Waals surface area (Å²) in [5.74, 6) is -1.33. The number of carbonyl (C=O) groups excluding carboxylic acids is 3. The molecule has 2 aromatic carbocycles. The third-order valence-electron chi connectivity index (χ3n) is 5.25. The first-order chi connectivity index (χ1) is 14.5. The van der Waals surface area contributed by atoms with Crippen molar-refractivity contribution in [2.75, 3.05) is 13.7 Å². The lowest BCUT2D eigenvalue weighted by Gasteiger charge is -2.27. The maximum absolute atomic E-state index is 12.9. The minimum absolute atomic E-state index is 0.119. The number of amides is 1. The van der Waals surface area contributed by atoms with Gasteiger partial charge in [0.05, 0.1) is 7.11 Å². The van der Waals surface area contributed by atoms with Gasteiger partial charge in [0, 0.05) is 11.1 Å². The Morgan fingerprint density at radius 2 is 1.60 bits per heavy atom. The molecule has 0 unspecified atom stereocenters. The number of ether oxygens (including phenoxy) is 3. The Morgan fingerprint density at radius 1 is 1.03 bits per heavy atom. The Hall–Kier alpha value is -3.35. The molecule has 1 aliphatic rings. The minimum atomic E-state index is -0.796. The van der Waals surface area contributed by atoms with Crippen LogP contribution in [0.15, 0.2) is 48.5 Å². The van der Waals surface area contributed by atoms with Crippen molar-refractivity contribution in [2.45, 2.75) is 32.2 Å². The summed E-state index contributed by atoms with van der Waals surface area (Å²) < 4.78 is 16.0. The second-order valence-electron chi connectivity index (χ2n) is 7.17. The Labute approximate surface area is 175 Å². The van der Waals surface area contributed by atoms with E-state index in [2.05, 4.69) is 5.32 Å². The van der Waals surface area contributed by atoms with Crippen LogP contribution in [0.2, 0.25) is 0 Å². The van der Waals surface area contributed by atoms with E-state index in [1.165, 1.54) is 7.11 Å². The Balaban J connectivity index is 1.72. The molecule has 1 aliphatic heterocycles. The van der Waals surface area contributed by atoms with Gasteiger partial charge in [-0.3, -0.25) is 9.59 Å². The number of methoxy groups -OCH3 is 1. The summed E-state index contributed by atoms with van der Waals surface area (Å²) in [7, 11) is 1.27. The summed E-state index contributed by atoms with van der Waals surface area (Å²) in [6.07, 6.45) is 0.676. The molecule has 0 aromatic heterocycles. The molecule has 0 radical (unpaired) electrons. The highest BCUT2D eigenvalue weighted by Crippen LogP contribution is 2.44. The highest BCUT2D eigenvalue weighted by Gasteiger charge is 2.34. The minimum Gasteiger partial charge on any atom is -0.467 e. The van der Waals surface area contributed by atoms with Crippen molar-refractivity contribution in [1.82, 2.24) is 5.32 Å². The molecule has 0 aliphatic carbocycles. The van der Waals surface area contributed by atoms with E-state index in [0.717, 1.165) is 0 Å². The number of rotatable bonds is 7. The summed E-state index contributed by atoms with van der Waals surface area (Å²) in [5, 5.41) is 2.60. The molecule has 2 aromatic rings. The molecule has 0 saturated heterocycles. The molecular formula is C23H25NO6. The standard InChI is InChI=1S/C23H25NO6/c1-4-14(2)21(23(27)28-3)24-19(25)13-29-22(26)20-15-9-5-7-11-17(15)30-18-12-8-6-10-16(18)20/h5-12,14,20-21H,4,13H2,1-3H3,(H,24,25)/t14-,21-/m1/s1. The fourth-order valence-electron chi connectivity index (χ4n) is 3.40. The lowest BCUT2D eigenvalue weighted by Crippen LogP contribution is -2.47. The first-order valence-electron chi connectivity index (χ1n) is 9.85. The third-order valence-corrected chi connectivity index (χ3v) is 5.25. The molecule has 2 atom stereocenters. The van der Waals surface area contributed by atoms with Crippen LogP contribution in [0.5, 0.6) is 11.5 Å². The van der Waals surface area contributed by atoms with Crippen LogP contribution in [0, 0.1) is 5.92 Å². The van der Waals surface area contributed by atoms with Gasteiger partial charge in [0.1, 0.15) is 23.5 Å². The zero-order chi connectivity index (χ0) is 21.7. The molecule has 158 valence electrons. The van der Waals surface area contributed by atoms with Crippen LogP contribution in [0.3, 0.4) is 0 Å². The molecule has 0 fully saturated rings. The average molecular weight is 411 g/mol. The predicted molar refractivity (Wildman–Crippen MR) is 109 cm³/mol. The zero-order valence-corrected chi connectivity index (χ0v) is 17.2. The second kappa shape index (κ2) is 9.43. The highest BCUT2D eigenvalue weighted by molar-refractivity contribution is 5.89. The van der Waals surface area contributed by atoms with Gasteiger partial charge in [-0.1, -0.05) is 56.7 Å². The maximum Gasteiger partial charge on any atom is 0.328 e. The SMILES string of the molecule is CC[C@@H](C)[C@@H](NC(=O)COC(=O)C1c2ccccc2Oc2ccccc21)C(=O)OC. The van der Waals surface area contributed by atoms with Gasteiger partial charge in [-0.25, -0.2) is 4.79 Å². The van der Waals surface area contributed by atoms with Crippen LogP contribution in [0.4, 0.5) is 0 Å². The molecule has 7 nitrogen and oxygen atoms in total. The number of hydrogen-bond acceptors (Lipinski definition) is 6. The van der Waals surface area contributed by atoms with E-state index in [1.54, 1.807) is 24.3 Å². The van der Waals surface area contributed by atoms with Crippen molar-refractivity contribution in [3.8, 4) is 11.5 Å². The molecule has 0 spiro atoms. The molecular weight excluding hydrogens is 386 g/mol. The topological polar surface area (TPSA) is 90.9 Å². The van der Waals surface area contributed by atoms with Crippen molar-refractivity contribution < 1.29 is 28.6 Å². The number of esters is 2. The largest absolute Gasteiger partial charge is 0.467 e. The van der Waals surface area contributed by atoms with Crippen molar-refractivity contribution in [3.05, 3.63) is 59.7 Å².